The number of rotatable bonds is 3. The van der Waals surface area contributed by atoms with Crippen molar-refractivity contribution in [2.75, 3.05) is 13.1 Å². The van der Waals surface area contributed by atoms with Crippen LogP contribution >= 0.6 is 0 Å². The van der Waals surface area contributed by atoms with E-state index < -0.39 is 0 Å². The molecular weight excluding hydrogens is 324 g/mol. The van der Waals surface area contributed by atoms with E-state index in [-0.39, 0.29) is 5.91 Å². The van der Waals surface area contributed by atoms with Crippen LogP contribution in [0.2, 0.25) is 0 Å². The predicted molar refractivity (Wildman–Crippen MR) is 103 cm³/mol. The first-order valence-electron chi connectivity index (χ1n) is 9.43. The molecule has 0 saturated carbocycles. The molecule has 0 spiro atoms. The van der Waals surface area contributed by atoms with Gasteiger partial charge in [-0.15, -0.1) is 0 Å². The molecule has 1 aromatic carbocycles. The van der Waals surface area contributed by atoms with Crippen molar-refractivity contribution in [2.45, 2.75) is 39.5 Å². The molecule has 1 aliphatic heterocycles. The monoisotopic (exact) mass is 348 g/mol. The van der Waals surface area contributed by atoms with Crippen LogP contribution < -0.4 is 0 Å². The van der Waals surface area contributed by atoms with Crippen molar-refractivity contribution in [1.82, 2.24) is 19.7 Å². The van der Waals surface area contributed by atoms with Crippen LogP contribution in [0.15, 0.2) is 36.4 Å². The summed E-state index contributed by atoms with van der Waals surface area (Å²) >= 11 is 0. The summed E-state index contributed by atoms with van der Waals surface area (Å²) < 4.78 is 1.86. The van der Waals surface area contributed by atoms with Crippen molar-refractivity contribution < 1.29 is 4.79 Å². The second kappa shape index (κ2) is 6.90. The predicted octanol–water partition coefficient (Wildman–Crippen LogP) is 3.92. The summed E-state index contributed by atoms with van der Waals surface area (Å²) in [5.41, 5.74) is 4.25. The topological polar surface area (TPSA) is 51.0 Å². The van der Waals surface area contributed by atoms with Crippen LogP contribution in [-0.4, -0.2) is 38.7 Å². The zero-order valence-electron chi connectivity index (χ0n) is 15.4. The lowest BCUT2D eigenvalue weighted by atomic mass is 10.0. The maximum absolute atomic E-state index is 13.2. The Labute approximate surface area is 153 Å². The summed E-state index contributed by atoms with van der Waals surface area (Å²) in [4.78, 5) is 20.0. The molecule has 26 heavy (non-hydrogen) atoms. The Bertz CT molecular complexity index is 940. The zero-order chi connectivity index (χ0) is 18.1. The minimum atomic E-state index is 0.113. The number of piperidine rings is 1. The molecule has 1 saturated heterocycles. The quantitative estimate of drug-likeness (QED) is 0.721. The molecule has 1 aliphatic rings. The van der Waals surface area contributed by atoms with E-state index in [9.17, 15) is 4.79 Å². The summed E-state index contributed by atoms with van der Waals surface area (Å²) in [6, 6.07) is 11.9. The molecule has 0 unspecified atom stereocenters. The number of aromatic nitrogens is 3. The second-order valence-corrected chi connectivity index (χ2v) is 6.90. The number of nitrogens with zero attached hydrogens (tertiary/aromatic N) is 4. The molecule has 0 atom stereocenters. The number of amides is 1. The Morgan fingerprint density at radius 3 is 2.54 bits per heavy atom. The first-order chi connectivity index (χ1) is 12.7. The number of carbonyl (C=O) groups excluding carboxylic acids is 1. The van der Waals surface area contributed by atoms with Gasteiger partial charge >= 0.3 is 0 Å². The Morgan fingerprint density at radius 2 is 1.85 bits per heavy atom. The van der Waals surface area contributed by atoms with Crippen molar-refractivity contribution >= 4 is 16.9 Å². The number of hydrogen-bond donors (Lipinski definition) is 0. The highest BCUT2D eigenvalue weighted by molar-refractivity contribution is 6.06. The van der Waals surface area contributed by atoms with Crippen LogP contribution in [0.5, 0.6) is 0 Å². The molecule has 134 valence electrons. The molecule has 3 aromatic rings. The minimum Gasteiger partial charge on any atom is -0.339 e. The average Bonchev–Trinajstić information content (AvgIpc) is 3.04. The van der Waals surface area contributed by atoms with E-state index in [0.717, 1.165) is 66.0 Å². The van der Waals surface area contributed by atoms with Crippen LogP contribution in [0, 0.1) is 6.92 Å². The fraction of sp³-hybridized carbons (Fsp3) is 0.381. The lowest BCUT2D eigenvalue weighted by Crippen LogP contribution is -2.35. The van der Waals surface area contributed by atoms with E-state index in [1.807, 2.05) is 52.9 Å². The molecule has 3 heterocycles. The van der Waals surface area contributed by atoms with E-state index in [4.69, 9.17) is 10.1 Å². The number of carbonyl (C=O) groups is 1. The zero-order valence-corrected chi connectivity index (χ0v) is 15.4. The van der Waals surface area contributed by atoms with Gasteiger partial charge in [0, 0.05) is 18.8 Å². The molecular formula is C21H24N4O. The molecule has 5 heteroatoms. The van der Waals surface area contributed by atoms with E-state index in [0.29, 0.717) is 0 Å². The van der Waals surface area contributed by atoms with Crippen LogP contribution in [0.4, 0.5) is 0 Å². The highest BCUT2D eigenvalue weighted by Gasteiger charge is 2.24. The van der Waals surface area contributed by atoms with Gasteiger partial charge in [0.2, 0.25) is 0 Å². The van der Waals surface area contributed by atoms with E-state index in [2.05, 4.69) is 6.92 Å². The lowest BCUT2D eigenvalue weighted by molar-refractivity contribution is 0.0726. The summed E-state index contributed by atoms with van der Waals surface area (Å²) in [7, 11) is 0. The number of para-hydroxylation sites is 1. The summed E-state index contributed by atoms with van der Waals surface area (Å²) in [6.45, 7) is 5.72. The van der Waals surface area contributed by atoms with Gasteiger partial charge in [-0.2, -0.15) is 5.10 Å². The van der Waals surface area contributed by atoms with Crippen LogP contribution in [0.3, 0.4) is 0 Å². The van der Waals surface area contributed by atoms with Crippen LogP contribution in [0.1, 0.15) is 47.9 Å². The number of aryl methyl sites for hydroxylation is 2. The second-order valence-electron chi connectivity index (χ2n) is 6.90. The molecule has 2 aromatic heterocycles. The van der Waals surface area contributed by atoms with Crippen molar-refractivity contribution in [2.24, 2.45) is 0 Å². The Morgan fingerprint density at radius 1 is 1.12 bits per heavy atom. The first-order valence-corrected chi connectivity index (χ1v) is 9.43. The normalized spacial score (nSPS) is 14.8. The summed E-state index contributed by atoms with van der Waals surface area (Å²) in [6.07, 6.45) is 4.17. The van der Waals surface area contributed by atoms with Crippen molar-refractivity contribution in [3.63, 3.8) is 0 Å². The Kier molecular flexibility index (Phi) is 4.45. The van der Waals surface area contributed by atoms with Gasteiger partial charge < -0.3 is 4.90 Å². The third kappa shape index (κ3) is 2.87. The first kappa shape index (κ1) is 16.8. The van der Waals surface area contributed by atoms with Gasteiger partial charge in [0.05, 0.1) is 22.3 Å². The molecule has 0 N–H and O–H groups in total. The van der Waals surface area contributed by atoms with E-state index in [1.165, 1.54) is 6.42 Å². The van der Waals surface area contributed by atoms with Crippen molar-refractivity contribution in [3.05, 3.63) is 53.3 Å². The number of benzene rings is 1. The van der Waals surface area contributed by atoms with Crippen LogP contribution in [-0.2, 0) is 6.42 Å². The number of pyridine rings is 1. The smallest absolute Gasteiger partial charge is 0.254 e. The maximum Gasteiger partial charge on any atom is 0.254 e. The molecule has 4 rings (SSSR count). The minimum absolute atomic E-state index is 0.113. The van der Waals surface area contributed by atoms with Gasteiger partial charge in [0.25, 0.3) is 5.91 Å². The van der Waals surface area contributed by atoms with Crippen LogP contribution in [0.25, 0.3) is 16.7 Å². The highest BCUT2D eigenvalue weighted by atomic mass is 16.2. The van der Waals surface area contributed by atoms with Gasteiger partial charge in [-0.05, 0) is 50.8 Å². The molecule has 1 amide bonds. The molecule has 0 radical (unpaired) electrons. The van der Waals surface area contributed by atoms with Gasteiger partial charge in [-0.1, -0.05) is 25.1 Å². The molecule has 1 fully saturated rings. The molecule has 5 nitrogen and oxygen atoms in total. The molecule has 0 aliphatic carbocycles. The van der Waals surface area contributed by atoms with Gasteiger partial charge in [0.15, 0.2) is 5.65 Å². The Balaban J connectivity index is 1.90. The third-order valence-corrected chi connectivity index (χ3v) is 5.10. The van der Waals surface area contributed by atoms with Crippen molar-refractivity contribution in [3.8, 4) is 5.69 Å². The fourth-order valence-corrected chi connectivity index (χ4v) is 3.71. The SMILES string of the molecule is CCc1cc(C(=O)N2CCCCC2)c2c(C)nn(-c3ccccc3)c2n1. The van der Waals surface area contributed by atoms with E-state index >= 15 is 0 Å². The number of hydrogen-bond acceptors (Lipinski definition) is 3. The van der Waals surface area contributed by atoms with Gasteiger partial charge in [-0.3, -0.25) is 4.79 Å². The van der Waals surface area contributed by atoms with Gasteiger partial charge in [0.1, 0.15) is 0 Å². The lowest BCUT2D eigenvalue weighted by Gasteiger charge is -2.27. The fourth-order valence-electron chi connectivity index (χ4n) is 3.71. The summed E-state index contributed by atoms with van der Waals surface area (Å²) in [5, 5.41) is 5.58. The van der Waals surface area contributed by atoms with E-state index in [1.54, 1.807) is 0 Å². The highest BCUT2D eigenvalue weighted by Crippen LogP contribution is 2.27. The Hall–Kier alpha value is -2.69. The summed E-state index contributed by atoms with van der Waals surface area (Å²) in [5.74, 6) is 0.113. The standard InChI is InChI=1S/C21H24N4O/c1-3-16-14-18(21(26)24-12-8-5-9-13-24)19-15(2)23-25(20(19)22-16)17-10-6-4-7-11-17/h4,6-7,10-11,14H,3,5,8-9,12-13H2,1-2H3. The third-order valence-electron chi connectivity index (χ3n) is 5.10. The largest absolute Gasteiger partial charge is 0.339 e. The van der Waals surface area contributed by atoms with Gasteiger partial charge in [-0.25, -0.2) is 9.67 Å². The average molecular weight is 348 g/mol. The maximum atomic E-state index is 13.2. The number of fused-ring (bicyclic) bond motifs is 1. The van der Waals surface area contributed by atoms with Crippen molar-refractivity contribution in [1.29, 1.82) is 0 Å². The number of likely N-dealkylation sites (tertiary alicyclic amines) is 1. The molecule has 0 bridgehead atoms.